The Morgan fingerprint density at radius 1 is 1.17 bits per heavy atom. The summed E-state index contributed by atoms with van der Waals surface area (Å²) in [7, 11) is 0. The molecule has 0 saturated heterocycles. The Morgan fingerprint density at radius 2 is 1.87 bits per heavy atom. The summed E-state index contributed by atoms with van der Waals surface area (Å²) in [5.74, 6) is -2.45. The smallest absolute Gasteiger partial charge is 0.408 e. The lowest BCUT2D eigenvalue weighted by Gasteiger charge is -2.26. The van der Waals surface area contributed by atoms with Crippen molar-refractivity contribution in [3.05, 3.63) is 70.8 Å². The molecule has 0 fully saturated rings. The molecule has 30 heavy (non-hydrogen) atoms. The minimum absolute atomic E-state index is 0.158. The van der Waals surface area contributed by atoms with Crippen LogP contribution in [0, 0.1) is 17.6 Å². The molecule has 0 heterocycles. The first kappa shape index (κ1) is 21.9. The Hall–Kier alpha value is -2.76. The van der Waals surface area contributed by atoms with Gasteiger partial charge in [-0.05, 0) is 55.9 Å². The van der Waals surface area contributed by atoms with Crippen molar-refractivity contribution < 1.29 is 23.1 Å². The normalized spacial score (nSPS) is 19.1. The molecule has 3 rings (SSSR count). The second-order valence-corrected chi connectivity index (χ2v) is 8.84. The summed E-state index contributed by atoms with van der Waals surface area (Å²) in [6.07, 6.45) is 0.244. The van der Waals surface area contributed by atoms with Crippen LogP contribution in [0.1, 0.15) is 62.8 Å². The second kappa shape index (κ2) is 8.54. The summed E-state index contributed by atoms with van der Waals surface area (Å²) in [5.41, 5.74) is 1.56. The predicted octanol–water partition coefficient (Wildman–Crippen LogP) is 5.47. The lowest BCUT2D eigenvalue weighted by molar-refractivity contribution is -0.121. The van der Waals surface area contributed by atoms with E-state index in [1.54, 1.807) is 27.7 Å². The molecule has 1 amide bonds. The maximum Gasteiger partial charge on any atom is 0.408 e. The molecule has 6 heteroatoms. The number of Topliss-reactive ketones (excluding diaryl/α,β-unsaturated/α-hetero) is 1. The standard InChI is InChI=1S/C24H27F2NO3/c1-14(18-10-9-17(25)13-20(18)26)21(28)12-16-11-15-7-5-6-8-19(15)22(16)27-23(29)30-24(2,3)4/h5-10,13-14,16,22H,11-12H2,1-4H3,(H,27,29)/t14-,16+,22+/m0/s1. The van der Waals surface area contributed by atoms with Crippen LogP contribution in [0.2, 0.25) is 0 Å². The van der Waals surface area contributed by atoms with Crippen molar-refractivity contribution in [3.63, 3.8) is 0 Å². The number of ketones is 1. The zero-order chi connectivity index (χ0) is 22.1. The Bertz CT molecular complexity index is 952. The van der Waals surface area contributed by atoms with Gasteiger partial charge in [0.15, 0.2) is 0 Å². The molecular weight excluding hydrogens is 388 g/mol. The number of amides is 1. The highest BCUT2D eigenvalue weighted by Crippen LogP contribution is 2.39. The fourth-order valence-corrected chi connectivity index (χ4v) is 3.96. The number of fused-ring (bicyclic) bond motifs is 1. The summed E-state index contributed by atoms with van der Waals surface area (Å²) >= 11 is 0. The maximum atomic E-state index is 14.1. The van der Waals surface area contributed by atoms with E-state index in [-0.39, 0.29) is 29.7 Å². The van der Waals surface area contributed by atoms with Crippen molar-refractivity contribution in [3.8, 4) is 0 Å². The second-order valence-electron chi connectivity index (χ2n) is 8.84. The van der Waals surface area contributed by atoms with Gasteiger partial charge in [0.1, 0.15) is 23.0 Å². The minimum atomic E-state index is -0.728. The van der Waals surface area contributed by atoms with Gasteiger partial charge in [0.25, 0.3) is 0 Å². The first-order chi connectivity index (χ1) is 14.0. The molecule has 2 aromatic carbocycles. The number of rotatable bonds is 5. The number of ether oxygens (including phenoxy) is 1. The summed E-state index contributed by atoms with van der Waals surface area (Å²) in [6, 6.07) is 10.6. The monoisotopic (exact) mass is 415 g/mol. The Balaban J connectivity index is 1.77. The average Bonchev–Trinajstić information content (AvgIpc) is 2.97. The van der Waals surface area contributed by atoms with Crippen molar-refractivity contribution in [2.45, 2.75) is 58.1 Å². The molecule has 0 radical (unpaired) electrons. The van der Waals surface area contributed by atoms with Crippen LogP contribution in [0.15, 0.2) is 42.5 Å². The van der Waals surface area contributed by atoms with Crippen LogP contribution in [0.3, 0.4) is 0 Å². The molecule has 1 aliphatic carbocycles. The zero-order valence-corrected chi connectivity index (χ0v) is 17.7. The van der Waals surface area contributed by atoms with Gasteiger partial charge in [-0.25, -0.2) is 13.6 Å². The molecule has 1 N–H and O–H groups in total. The van der Waals surface area contributed by atoms with Gasteiger partial charge in [-0.1, -0.05) is 37.3 Å². The number of alkyl carbamates (subject to hydrolysis) is 1. The Labute approximate surface area is 175 Å². The van der Waals surface area contributed by atoms with Crippen molar-refractivity contribution in [1.82, 2.24) is 5.32 Å². The number of hydrogen-bond donors (Lipinski definition) is 1. The molecule has 0 unspecified atom stereocenters. The van der Waals surface area contributed by atoms with Crippen LogP contribution in [0.4, 0.5) is 13.6 Å². The van der Waals surface area contributed by atoms with Gasteiger partial charge in [0, 0.05) is 18.4 Å². The van der Waals surface area contributed by atoms with Gasteiger partial charge in [-0.2, -0.15) is 0 Å². The zero-order valence-electron chi connectivity index (χ0n) is 17.7. The number of hydrogen-bond acceptors (Lipinski definition) is 3. The largest absolute Gasteiger partial charge is 0.444 e. The third-order valence-electron chi connectivity index (χ3n) is 5.39. The van der Waals surface area contributed by atoms with E-state index in [1.807, 2.05) is 24.3 Å². The molecule has 0 aromatic heterocycles. The van der Waals surface area contributed by atoms with Gasteiger partial charge < -0.3 is 10.1 Å². The quantitative estimate of drug-likeness (QED) is 0.705. The molecule has 0 bridgehead atoms. The first-order valence-corrected chi connectivity index (χ1v) is 10.1. The van der Waals surface area contributed by atoms with E-state index in [0.29, 0.717) is 6.42 Å². The van der Waals surface area contributed by atoms with Crippen LogP contribution in [0.5, 0.6) is 0 Å². The van der Waals surface area contributed by atoms with Crippen molar-refractivity contribution in [2.24, 2.45) is 5.92 Å². The minimum Gasteiger partial charge on any atom is -0.444 e. The first-order valence-electron chi connectivity index (χ1n) is 10.1. The van der Waals surface area contributed by atoms with Crippen LogP contribution in [-0.4, -0.2) is 17.5 Å². The van der Waals surface area contributed by atoms with Crippen molar-refractivity contribution >= 4 is 11.9 Å². The molecule has 0 spiro atoms. The van der Waals surface area contributed by atoms with Crippen LogP contribution in [0.25, 0.3) is 0 Å². The third-order valence-corrected chi connectivity index (χ3v) is 5.39. The van der Waals surface area contributed by atoms with Crippen molar-refractivity contribution in [1.29, 1.82) is 0 Å². The van der Waals surface area contributed by atoms with E-state index in [0.717, 1.165) is 23.3 Å². The van der Waals surface area contributed by atoms with E-state index in [1.165, 1.54) is 6.07 Å². The molecule has 3 atom stereocenters. The fraction of sp³-hybridized carbons (Fsp3) is 0.417. The molecule has 1 aliphatic rings. The highest BCUT2D eigenvalue weighted by atomic mass is 19.1. The summed E-state index contributed by atoms with van der Waals surface area (Å²) in [4.78, 5) is 25.3. The Kier molecular flexibility index (Phi) is 6.25. The lowest BCUT2D eigenvalue weighted by Crippen LogP contribution is -2.37. The van der Waals surface area contributed by atoms with Gasteiger partial charge in [0.2, 0.25) is 0 Å². The van der Waals surface area contributed by atoms with E-state index in [2.05, 4.69) is 5.32 Å². The maximum absolute atomic E-state index is 14.1. The number of carbonyl (C=O) groups is 2. The molecular formula is C24H27F2NO3. The third kappa shape index (κ3) is 5.04. The highest BCUT2D eigenvalue weighted by molar-refractivity contribution is 5.86. The van der Waals surface area contributed by atoms with Crippen LogP contribution >= 0.6 is 0 Å². The van der Waals surface area contributed by atoms with Crippen LogP contribution in [-0.2, 0) is 16.0 Å². The lowest BCUT2D eigenvalue weighted by atomic mass is 9.87. The summed E-state index contributed by atoms with van der Waals surface area (Å²) < 4.78 is 32.7. The average molecular weight is 415 g/mol. The van der Waals surface area contributed by atoms with Crippen molar-refractivity contribution in [2.75, 3.05) is 0 Å². The molecule has 2 aromatic rings. The highest BCUT2D eigenvalue weighted by Gasteiger charge is 2.36. The fourth-order valence-electron chi connectivity index (χ4n) is 3.96. The molecule has 0 aliphatic heterocycles. The number of nitrogens with one attached hydrogen (secondary N) is 1. The summed E-state index contributed by atoms with van der Waals surface area (Å²) in [5, 5.41) is 2.91. The Morgan fingerprint density at radius 3 is 2.53 bits per heavy atom. The number of carbonyl (C=O) groups excluding carboxylic acids is 2. The van der Waals surface area contributed by atoms with Gasteiger partial charge in [-0.15, -0.1) is 0 Å². The SMILES string of the molecule is C[C@H](C(=O)C[C@H]1Cc2ccccc2[C@@H]1NC(=O)OC(C)(C)C)c1ccc(F)cc1F. The van der Waals surface area contributed by atoms with E-state index < -0.39 is 29.2 Å². The molecule has 160 valence electrons. The van der Waals surface area contributed by atoms with Gasteiger partial charge in [-0.3, -0.25) is 4.79 Å². The number of halogens is 2. The van der Waals surface area contributed by atoms with E-state index in [4.69, 9.17) is 4.74 Å². The van der Waals surface area contributed by atoms with Gasteiger partial charge >= 0.3 is 6.09 Å². The van der Waals surface area contributed by atoms with Crippen LogP contribution < -0.4 is 5.32 Å². The molecule has 0 saturated carbocycles. The molecule has 4 nitrogen and oxygen atoms in total. The van der Waals surface area contributed by atoms with E-state index in [9.17, 15) is 18.4 Å². The predicted molar refractivity (Wildman–Crippen MR) is 110 cm³/mol. The topological polar surface area (TPSA) is 55.4 Å². The van der Waals surface area contributed by atoms with Gasteiger partial charge in [0.05, 0.1) is 6.04 Å². The number of benzene rings is 2. The van der Waals surface area contributed by atoms with E-state index >= 15 is 0 Å². The summed E-state index contributed by atoms with van der Waals surface area (Å²) in [6.45, 7) is 6.98.